The molecule has 0 spiro atoms. The molecule has 1 amide bonds. The van der Waals surface area contributed by atoms with Crippen LogP contribution in [0.4, 0.5) is 5.69 Å². The molecule has 4 rings (SSSR count). The average molecular weight is 442 g/mol. The lowest BCUT2D eigenvalue weighted by molar-refractivity contribution is -0.121. The Morgan fingerprint density at radius 3 is 2.42 bits per heavy atom. The fourth-order valence-corrected chi connectivity index (χ4v) is 5.94. The van der Waals surface area contributed by atoms with Crippen molar-refractivity contribution in [1.29, 1.82) is 0 Å². The van der Waals surface area contributed by atoms with Crippen LogP contribution in [0, 0.1) is 13.8 Å². The lowest BCUT2D eigenvalue weighted by Crippen LogP contribution is -2.53. The van der Waals surface area contributed by atoms with Gasteiger partial charge in [-0.25, -0.2) is 8.42 Å². The SMILES string of the molecule is Cc1ccc(C)c(NC(=O)[C@H](C)N2CCN(S(=O)(=O)c3ccc4c(c3)CCC4)CC2)c1. The third-order valence-corrected chi connectivity index (χ3v) is 8.45. The van der Waals surface area contributed by atoms with Crippen molar-refractivity contribution in [2.24, 2.45) is 0 Å². The van der Waals surface area contributed by atoms with Crippen molar-refractivity contribution in [3.8, 4) is 0 Å². The predicted molar refractivity (Wildman–Crippen MR) is 123 cm³/mol. The highest BCUT2D eigenvalue weighted by molar-refractivity contribution is 7.89. The molecule has 0 radical (unpaired) electrons. The number of piperazine rings is 1. The van der Waals surface area contributed by atoms with Crippen molar-refractivity contribution in [1.82, 2.24) is 9.21 Å². The maximum atomic E-state index is 13.1. The molecule has 31 heavy (non-hydrogen) atoms. The molecule has 1 aliphatic carbocycles. The van der Waals surface area contributed by atoms with Crippen molar-refractivity contribution in [3.05, 3.63) is 58.7 Å². The Bertz CT molecular complexity index is 1090. The summed E-state index contributed by atoms with van der Waals surface area (Å²) in [7, 11) is -3.51. The van der Waals surface area contributed by atoms with E-state index in [1.54, 1.807) is 10.4 Å². The quantitative estimate of drug-likeness (QED) is 0.774. The van der Waals surface area contributed by atoms with Crippen molar-refractivity contribution >= 4 is 21.6 Å². The summed E-state index contributed by atoms with van der Waals surface area (Å²) in [6.07, 6.45) is 3.09. The molecule has 1 saturated heterocycles. The number of rotatable bonds is 5. The van der Waals surface area contributed by atoms with Gasteiger partial charge in [-0.2, -0.15) is 4.31 Å². The second-order valence-electron chi connectivity index (χ2n) is 8.71. The average Bonchev–Trinajstić information content (AvgIpc) is 3.24. The third kappa shape index (κ3) is 4.54. The van der Waals surface area contributed by atoms with Crippen LogP contribution in [0.25, 0.3) is 0 Å². The number of sulfonamides is 1. The van der Waals surface area contributed by atoms with Crippen LogP contribution in [0.2, 0.25) is 0 Å². The zero-order valence-electron chi connectivity index (χ0n) is 18.5. The standard InChI is InChI=1S/C24H31N3O3S/c1-17-7-8-18(2)23(15-17)25-24(28)19(3)26-11-13-27(14-12-26)31(29,30)22-10-9-20-5-4-6-21(20)16-22/h7-10,15-16,19H,4-6,11-14H2,1-3H3,(H,25,28)/t19-/m0/s1. The maximum absolute atomic E-state index is 13.1. The monoisotopic (exact) mass is 441 g/mol. The van der Waals surface area contributed by atoms with E-state index < -0.39 is 10.0 Å². The molecule has 166 valence electrons. The molecule has 1 heterocycles. The smallest absolute Gasteiger partial charge is 0.243 e. The van der Waals surface area contributed by atoms with Crippen LogP contribution in [0.5, 0.6) is 0 Å². The number of aryl methyl sites for hydroxylation is 4. The first-order valence-corrected chi connectivity index (χ1v) is 12.4. The van der Waals surface area contributed by atoms with E-state index in [9.17, 15) is 13.2 Å². The van der Waals surface area contributed by atoms with Gasteiger partial charge in [-0.05, 0) is 80.5 Å². The molecule has 2 aromatic carbocycles. The van der Waals surface area contributed by atoms with Gasteiger partial charge in [0.15, 0.2) is 0 Å². The van der Waals surface area contributed by atoms with Crippen LogP contribution in [-0.4, -0.2) is 55.8 Å². The topological polar surface area (TPSA) is 69.7 Å². The fourth-order valence-electron chi connectivity index (χ4n) is 4.46. The first-order chi connectivity index (χ1) is 14.8. The number of hydrogen-bond donors (Lipinski definition) is 1. The molecule has 1 N–H and O–H groups in total. The van der Waals surface area contributed by atoms with Gasteiger partial charge in [0.2, 0.25) is 15.9 Å². The van der Waals surface area contributed by atoms with Crippen LogP contribution < -0.4 is 5.32 Å². The van der Waals surface area contributed by atoms with Crippen molar-refractivity contribution in [2.45, 2.75) is 51.0 Å². The lowest BCUT2D eigenvalue weighted by Gasteiger charge is -2.36. The van der Waals surface area contributed by atoms with E-state index >= 15 is 0 Å². The highest BCUT2D eigenvalue weighted by Crippen LogP contribution is 2.27. The minimum Gasteiger partial charge on any atom is -0.324 e. The van der Waals surface area contributed by atoms with Crippen molar-refractivity contribution in [2.75, 3.05) is 31.5 Å². The molecule has 0 aromatic heterocycles. The zero-order chi connectivity index (χ0) is 22.2. The summed E-state index contributed by atoms with van der Waals surface area (Å²) in [5, 5.41) is 3.03. The van der Waals surface area contributed by atoms with Gasteiger partial charge in [-0.3, -0.25) is 9.69 Å². The van der Waals surface area contributed by atoms with Gasteiger partial charge in [0.1, 0.15) is 0 Å². The number of anilines is 1. The van der Waals surface area contributed by atoms with E-state index in [1.165, 1.54) is 5.56 Å². The van der Waals surface area contributed by atoms with Gasteiger partial charge in [0.05, 0.1) is 10.9 Å². The summed E-state index contributed by atoms with van der Waals surface area (Å²) in [5.41, 5.74) is 5.38. The van der Waals surface area contributed by atoms with Gasteiger partial charge in [-0.15, -0.1) is 0 Å². The summed E-state index contributed by atoms with van der Waals surface area (Å²) in [6, 6.07) is 11.2. The summed E-state index contributed by atoms with van der Waals surface area (Å²) >= 11 is 0. The van der Waals surface area contributed by atoms with Crippen molar-refractivity contribution < 1.29 is 13.2 Å². The molecular weight excluding hydrogens is 410 g/mol. The van der Waals surface area contributed by atoms with E-state index in [0.29, 0.717) is 31.1 Å². The lowest BCUT2D eigenvalue weighted by atomic mass is 10.1. The Hall–Kier alpha value is -2.22. The second-order valence-corrected chi connectivity index (χ2v) is 10.6. The molecule has 1 aliphatic heterocycles. The van der Waals surface area contributed by atoms with Gasteiger partial charge in [0, 0.05) is 31.9 Å². The van der Waals surface area contributed by atoms with Crippen LogP contribution in [0.15, 0.2) is 41.3 Å². The summed E-state index contributed by atoms with van der Waals surface area (Å²) < 4.78 is 27.8. The van der Waals surface area contributed by atoms with Gasteiger partial charge < -0.3 is 5.32 Å². The number of hydrogen-bond acceptors (Lipinski definition) is 4. The van der Waals surface area contributed by atoms with Gasteiger partial charge in [0.25, 0.3) is 0 Å². The zero-order valence-corrected chi connectivity index (χ0v) is 19.3. The number of carbonyl (C=O) groups excluding carboxylic acids is 1. The van der Waals surface area contributed by atoms with E-state index in [1.807, 2.05) is 51.1 Å². The molecule has 2 aromatic rings. The van der Waals surface area contributed by atoms with Gasteiger partial charge >= 0.3 is 0 Å². The molecule has 0 saturated carbocycles. The molecule has 2 aliphatic rings. The number of fused-ring (bicyclic) bond motifs is 1. The molecule has 1 atom stereocenters. The molecular formula is C24H31N3O3S. The number of carbonyl (C=O) groups is 1. The molecule has 6 nitrogen and oxygen atoms in total. The Labute approximate surface area is 185 Å². The summed E-state index contributed by atoms with van der Waals surface area (Å²) in [6.45, 7) is 7.70. The van der Waals surface area contributed by atoms with E-state index in [0.717, 1.165) is 41.6 Å². The highest BCUT2D eigenvalue weighted by atomic mass is 32.2. The normalized spacial score (nSPS) is 18.5. The Morgan fingerprint density at radius 1 is 0.968 bits per heavy atom. The van der Waals surface area contributed by atoms with Crippen LogP contribution in [-0.2, 0) is 27.7 Å². The highest BCUT2D eigenvalue weighted by Gasteiger charge is 2.32. The largest absolute Gasteiger partial charge is 0.324 e. The number of nitrogens with zero attached hydrogens (tertiary/aromatic N) is 2. The first kappa shape index (κ1) is 22.0. The predicted octanol–water partition coefficient (Wildman–Crippen LogP) is 3.13. The first-order valence-electron chi connectivity index (χ1n) is 11.0. The number of amides is 1. The Morgan fingerprint density at radius 2 is 1.68 bits per heavy atom. The van der Waals surface area contributed by atoms with E-state index in [2.05, 4.69) is 10.2 Å². The molecule has 0 bridgehead atoms. The van der Waals surface area contributed by atoms with Gasteiger partial charge in [-0.1, -0.05) is 18.2 Å². The molecule has 7 heteroatoms. The fraction of sp³-hybridized carbons (Fsp3) is 0.458. The van der Waals surface area contributed by atoms with Crippen LogP contribution >= 0.6 is 0 Å². The number of benzene rings is 2. The minimum absolute atomic E-state index is 0.0661. The minimum atomic E-state index is -3.51. The molecule has 1 fully saturated rings. The second kappa shape index (κ2) is 8.73. The number of nitrogens with one attached hydrogen (secondary N) is 1. The summed E-state index contributed by atoms with van der Waals surface area (Å²) in [4.78, 5) is 15.2. The van der Waals surface area contributed by atoms with Crippen molar-refractivity contribution in [3.63, 3.8) is 0 Å². The third-order valence-electron chi connectivity index (χ3n) is 6.56. The van der Waals surface area contributed by atoms with E-state index in [-0.39, 0.29) is 11.9 Å². The summed E-state index contributed by atoms with van der Waals surface area (Å²) in [5.74, 6) is -0.0661. The maximum Gasteiger partial charge on any atom is 0.243 e. The molecule has 0 unspecified atom stereocenters. The van der Waals surface area contributed by atoms with Crippen LogP contribution in [0.3, 0.4) is 0 Å². The van der Waals surface area contributed by atoms with E-state index in [4.69, 9.17) is 0 Å². The Kier molecular flexibility index (Phi) is 6.19. The Balaban J connectivity index is 1.38. The van der Waals surface area contributed by atoms with Crippen LogP contribution in [0.1, 0.15) is 35.6 Å².